The Kier molecular flexibility index (Phi) is 3.51. The minimum Gasteiger partial charge on any atom is -0.444 e. The Balaban J connectivity index is 2.09. The van der Waals surface area contributed by atoms with Gasteiger partial charge in [-0.1, -0.05) is 22.0 Å². The van der Waals surface area contributed by atoms with Crippen molar-refractivity contribution in [2.45, 2.75) is 0 Å². The average Bonchev–Trinajstić information content (AvgIpc) is 2.74. The normalized spacial score (nSPS) is 9.93. The Hall–Kier alpha value is -0.710. The Morgan fingerprint density at radius 3 is 2.53 bits per heavy atom. The highest BCUT2D eigenvalue weighted by Crippen LogP contribution is 2.19. The lowest BCUT2D eigenvalue weighted by Crippen LogP contribution is -2.04. The molecule has 1 aromatic heterocycles. The summed E-state index contributed by atoms with van der Waals surface area (Å²) in [6.07, 6.45) is 0. The van der Waals surface area contributed by atoms with Crippen molar-refractivity contribution in [3.05, 3.63) is 51.1 Å². The van der Waals surface area contributed by atoms with Gasteiger partial charge in [0.2, 0.25) is 5.05 Å². The van der Waals surface area contributed by atoms with Crippen LogP contribution in [0.4, 0.5) is 0 Å². The highest BCUT2D eigenvalue weighted by atomic mass is 79.9. The van der Waals surface area contributed by atoms with Gasteiger partial charge in [0.05, 0.1) is 4.88 Å². The first-order chi connectivity index (χ1) is 7.25. The number of thiocarbonyl (C=S) groups is 1. The summed E-state index contributed by atoms with van der Waals surface area (Å²) in [5.74, 6) is 0.761. The van der Waals surface area contributed by atoms with Crippen LogP contribution in [0, 0.1) is 0 Å². The number of hydrogen-bond acceptors (Lipinski definition) is 3. The fraction of sp³-hybridized carbons (Fsp3) is 0. The van der Waals surface area contributed by atoms with Crippen LogP contribution in [0.1, 0.15) is 4.88 Å². The Morgan fingerprint density at radius 1 is 1.20 bits per heavy atom. The van der Waals surface area contributed by atoms with Gasteiger partial charge in [-0.2, -0.15) is 0 Å². The predicted octanol–water partition coefficient (Wildman–Crippen LogP) is 4.27. The van der Waals surface area contributed by atoms with Crippen molar-refractivity contribution < 1.29 is 4.74 Å². The summed E-state index contributed by atoms with van der Waals surface area (Å²) in [4.78, 5) is 0.980. The van der Waals surface area contributed by atoms with Crippen LogP contribution in [0.5, 0.6) is 5.75 Å². The van der Waals surface area contributed by atoms with Crippen LogP contribution in [-0.2, 0) is 0 Å². The van der Waals surface area contributed by atoms with E-state index in [1.54, 1.807) is 11.3 Å². The molecule has 0 unspecified atom stereocenters. The molecule has 15 heavy (non-hydrogen) atoms. The Morgan fingerprint density at radius 2 is 1.93 bits per heavy atom. The molecule has 1 nitrogen and oxygen atoms in total. The van der Waals surface area contributed by atoms with Gasteiger partial charge < -0.3 is 4.74 Å². The van der Waals surface area contributed by atoms with Crippen LogP contribution in [0.25, 0.3) is 0 Å². The molecule has 0 fully saturated rings. The summed E-state index contributed by atoms with van der Waals surface area (Å²) < 4.78 is 6.56. The second kappa shape index (κ2) is 4.88. The number of rotatable bonds is 2. The van der Waals surface area contributed by atoms with Crippen molar-refractivity contribution in [2.24, 2.45) is 0 Å². The molecule has 1 aromatic carbocycles. The van der Waals surface area contributed by atoms with Gasteiger partial charge in [-0.25, -0.2) is 0 Å². The van der Waals surface area contributed by atoms with Crippen LogP contribution in [0.3, 0.4) is 0 Å². The molecule has 4 heteroatoms. The summed E-state index contributed by atoms with van der Waals surface area (Å²) in [5, 5.41) is 2.50. The molecule has 0 bridgehead atoms. The van der Waals surface area contributed by atoms with Crippen LogP contribution >= 0.6 is 39.5 Å². The van der Waals surface area contributed by atoms with Gasteiger partial charge in [-0.15, -0.1) is 11.3 Å². The maximum atomic E-state index is 5.53. The van der Waals surface area contributed by atoms with E-state index in [2.05, 4.69) is 15.9 Å². The first-order valence-corrected chi connectivity index (χ1v) is 6.35. The van der Waals surface area contributed by atoms with Crippen LogP contribution in [0.2, 0.25) is 0 Å². The highest BCUT2D eigenvalue weighted by molar-refractivity contribution is 9.10. The zero-order valence-corrected chi connectivity index (χ0v) is 10.9. The largest absolute Gasteiger partial charge is 0.444 e. The van der Waals surface area contributed by atoms with Crippen LogP contribution in [-0.4, -0.2) is 5.05 Å². The number of ether oxygens (including phenoxy) is 1. The fourth-order valence-electron chi connectivity index (χ4n) is 1.05. The van der Waals surface area contributed by atoms with Crippen molar-refractivity contribution in [3.8, 4) is 5.75 Å². The molecule has 0 radical (unpaired) electrons. The molecule has 0 saturated heterocycles. The SMILES string of the molecule is S=C(Oc1ccc(Br)cc1)c1cccs1. The van der Waals surface area contributed by atoms with Gasteiger partial charge >= 0.3 is 0 Å². The van der Waals surface area contributed by atoms with E-state index in [0.717, 1.165) is 15.1 Å². The third-order valence-electron chi connectivity index (χ3n) is 1.75. The van der Waals surface area contributed by atoms with E-state index in [-0.39, 0.29) is 0 Å². The van der Waals surface area contributed by atoms with Gasteiger partial charge in [-0.3, -0.25) is 0 Å². The summed E-state index contributed by atoms with van der Waals surface area (Å²) in [6.45, 7) is 0. The van der Waals surface area contributed by atoms with Crippen molar-refractivity contribution >= 4 is 44.5 Å². The molecule has 0 spiro atoms. The van der Waals surface area contributed by atoms with Gasteiger partial charge in [0.25, 0.3) is 0 Å². The average molecular weight is 299 g/mol. The first-order valence-electron chi connectivity index (χ1n) is 4.27. The second-order valence-electron chi connectivity index (χ2n) is 2.82. The standard InChI is InChI=1S/C11H7BrOS2/c12-8-3-5-9(6-4-8)13-11(14)10-2-1-7-15-10/h1-7H. The molecule has 0 aliphatic carbocycles. The zero-order chi connectivity index (χ0) is 10.7. The predicted molar refractivity (Wildman–Crippen MR) is 70.8 cm³/mol. The van der Waals surface area contributed by atoms with Crippen molar-refractivity contribution in [3.63, 3.8) is 0 Å². The molecule has 0 atom stereocenters. The number of benzene rings is 1. The number of halogens is 1. The summed E-state index contributed by atoms with van der Waals surface area (Å²) in [5.41, 5.74) is 0. The van der Waals surface area contributed by atoms with Gasteiger partial charge in [0, 0.05) is 4.47 Å². The molecular formula is C11H7BrOS2. The maximum Gasteiger partial charge on any atom is 0.207 e. The van der Waals surface area contributed by atoms with Gasteiger partial charge in [0.15, 0.2) is 0 Å². The molecule has 0 N–H and O–H groups in total. The third-order valence-corrected chi connectivity index (χ3v) is 3.58. The van der Waals surface area contributed by atoms with E-state index in [0.29, 0.717) is 5.05 Å². The molecule has 0 aliphatic heterocycles. The lowest BCUT2D eigenvalue weighted by Gasteiger charge is -2.04. The van der Waals surface area contributed by atoms with E-state index in [1.165, 1.54) is 0 Å². The second-order valence-corrected chi connectivity index (χ2v) is 5.05. The Labute approximate surface area is 106 Å². The zero-order valence-electron chi connectivity index (χ0n) is 7.64. The summed E-state index contributed by atoms with van der Waals surface area (Å²) >= 11 is 10.1. The van der Waals surface area contributed by atoms with Crippen LogP contribution in [0.15, 0.2) is 46.3 Å². The topological polar surface area (TPSA) is 9.23 Å². The molecule has 76 valence electrons. The lowest BCUT2D eigenvalue weighted by molar-refractivity contribution is 0.568. The maximum absolute atomic E-state index is 5.53. The third kappa shape index (κ3) is 2.87. The fourth-order valence-corrected chi connectivity index (χ4v) is 2.23. The van der Waals surface area contributed by atoms with Crippen molar-refractivity contribution in [2.75, 3.05) is 0 Å². The molecular weight excluding hydrogens is 292 g/mol. The number of hydrogen-bond donors (Lipinski definition) is 0. The Bertz CT molecular complexity index is 448. The molecule has 2 rings (SSSR count). The van der Waals surface area contributed by atoms with E-state index in [1.807, 2.05) is 41.8 Å². The van der Waals surface area contributed by atoms with Crippen molar-refractivity contribution in [1.82, 2.24) is 0 Å². The van der Waals surface area contributed by atoms with Crippen LogP contribution < -0.4 is 4.74 Å². The van der Waals surface area contributed by atoms with Gasteiger partial charge in [0.1, 0.15) is 5.75 Å². The van der Waals surface area contributed by atoms with E-state index in [4.69, 9.17) is 17.0 Å². The minimum atomic E-state index is 0.521. The van der Waals surface area contributed by atoms with E-state index in [9.17, 15) is 0 Å². The smallest absolute Gasteiger partial charge is 0.207 e. The summed E-state index contributed by atoms with van der Waals surface area (Å²) in [7, 11) is 0. The highest BCUT2D eigenvalue weighted by Gasteiger charge is 2.04. The molecule has 0 amide bonds. The van der Waals surface area contributed by atoms with Gasteiger partial charge in [-0.05, 0) is 47.9 Å². The molecule has 2 aromatic rings. The molecule has 0 aliphatic rings. The van der Waals surface area contributed by atoms with Crippen molar-refractivity contribution in [1.29, 1.82) is 0 Å². The van der Waals surface area contributed by atoms with E-state index < -0.39 is 0 Å². The minimum absolute atomic E-state index is 0.521. The summed E-state index contributed by atoms with van der Waals surface area (Å²) in [6, 6.07) is 11.5. The molecule has 0 saturated carbocycles. The quantitative estimate of drug-likeness (QED) is 0.766. The lowest BCUT2D eigenvalue weighted by atomic mass is 10.3. The molecule has 1 heterocycles. The number of thiophene rings is 1. The monoisotopic (exact) mass is 298 g/mol. The first kappa shape index (κ1) is 10.8. The van der Waals surface area contributed by atoms with E-state index >= 15 is 0 Å².